The fourth-order valence-electron chi connectivity index (χ4n) is 1.40. The molecule has 0 spiro atoms. The van der Waals surface area contributed by atoms with Crippen molar-refractivity contribution in [1.82, 2.24) is 4.68 Å². The number of aromatic nitrogens is 1. The molecule has 2 N–H and O–H groups in total. The Kier molecular flexibility index (Phi) is 2.04. The number of rotatable bonds is 2. The number of nitrogens with two attached hydrogens (primary N) is 1. The summed E-state index contributed by atoms with van der Waals surface area (Å²) < 4.78 is 1.58. The molecule has 0 saturated carbocycles. The van der Waals surface area contributed by atoms with Gasteiger partial charge >= 0.3 is 0 Å². The largest absolute Gasteiger partial charge is 0.340 e. The highest BCUT2D eigenvalue weighted by molar-refractivity contribution is 5.24. The molecule has 0 aliphatic heterocycles. The zero-order valence-electron chi connectivity index (χ0n) is 7.35. The first-order valence-electron chi connectivity index (χ1n) is 4.30. The standard InChI is InChI=1S/C11H12N2/c12-13-7-6-11(9-13)8-10-4-2-1-3-5-10/h1-7,9H,8,12H2. The van der Waals surface area contributed by atoms with Crippen molar-refractivity contribution in [1.29, 1.82) is 0 Å². The molecule has 0 saturated heterocycles. The zero-order valence-corrected chi connectivity index (χ0v) is 7.35. The average molecular weight is 172 g/mol. The summed E-state index contributed by atoms with van der Waals surface area (Å²) in [4.78, 5) is 0. The van der Waals surface area contributed by atoms with Crippen molar-refractivity contribution < 1.29 is 0 Å². The Morgan fingerprint density at radius 2 is 1.77 bits per heavy atom. The Morgan fingerprint density at radius 1 is 1.00 bits per heavy atom. The minimum Gasteiger partial charge on any atom is -0.340 e. The lowest BCUT2D eigenvalue weighted by atomic mass is 10.1. The highest BCUT2D eigenvalue weighted by Crippen LogP contribution is 2.08. The van der Waals surface area contributed by atoms with Gasteiger partial charge in [0.05, 0.1) is 0 Å². The maximum absolute atomic E-state index is 5.55. The summed E-state index contributed by atoms with van der Waals surface area (Å²) in [5.41, 5.74) is 2.56. The summed E-state index contributed by atoms with van der Waals surface area (Å²) in [6.07, 6.45) is 4.75. The molecule has 2 heteroatoms. The highest BCUT2D eigenvalue weighted by Gasteiger charge is 1.96. The molecule has 0 amide bonds. The van der Waals surface area contributed by atoms with E-state index in [1.807, 2.05) is 24.5 Å². The van der Waals surface area contributed by atoms with Crippen LogP contribution in [0, 0.1) is 0 Å². The van der Waals surface area contributed by atoms with Gasteiger partial charge in [0.15, 0.2) is 0 Å². The molecule has 0 aliphatic rings. The fourth-order valence-corrected chi connectivity index (χ4v) is 1.40. The second-order valence-electron chi connectivity index (χ2n) is 3.13. The third kappa shape index (κ3) is 1.90. The van der Waals surface area contributed by atoms with Crippen molar-refractivity contribution >= 4 is 0 Å². The molecule has 0 atom stereocenters. The summed E-state index contributed by atoms with van der Waals surface area (Å²) in [5.74, 6) is 5.55. The second-order valence-corrected chi connectivity index (χ2v) is 3.13. The Morgan fingerprint density at radius 3 is 2.38 bits per heavy atom. The summed E-state index contributed by atoms with van der Waals surface area (Å²) in [7, 11) is 0. The maximum Gasteiger partial charge on any atom is 0.0291 e. The van der Waals surface area contributed by atoms with Crippen molar-refractivity contribution in [3.63, 3.8) is 0 Å². The Hall–Kier alpha value is -1.70. The van der Waals surface area contributed by atoms with Gasteiger partial charge in [0, 0.05) is 12.4 Å². The van der Waals surface area contributed by atoms with E-state index in [1.54, 1.807) is 4.68 Å². The van der Waals surface area contributed by atoms with Crippen molar-refractivity contribution in [3.05, 3.63) is 59.9 Å². The van der Waals surface area contributed by atoms with Crippen molar-refractivity contribution in [2.75, 3.05) is 5.84 Å². The van der Waals surface area contributed by atoms with Crippen LogP contribution in [0.15, 0.2) is 48.8 Å². The van der Waals surface area contributed by atoms with E-state index >= 15 is 0 Å². The van der Waals surface area contributed by atoms with Crippen LogP contribution < -0.4 is 5.84 Å². The molecule has 2 aromatic rings. The van der Waals surface area contributed by atoms with Crippen LogP contribution in [0.25, 0.3) is 0 Å². The van der Waals surface area contributed by atoms with Crippen LogP contribution in [0.2, 0.25) is 0 Å². The van der Waals surface area contributed by atoms with Gasteiger partial charge in [0.25, 0.3) is 0 Å². The first-order chi connectivity index (χ1) is 6.34. The van der Waals surface area contributed by atoms with Gasteiger partial charge in [0.1, 0.15) is 0 Å². The molecule has 13 heavy (non-hydrogen) atoms. The van der Waals surface area contributed by atoms with E-state index in [9.17, 15) is 0 Å². The summed E-state index contributed by atoms with van der Waals surface area (Å²) in [6, 6.07) is 12.4. The summed E-state index contributed by atoms with van der Waals surface area (Å²) >= 11 is 0. The van der Waals surface area contributed by atoms with Gasteiger partial charge in [-0.25, -0.2) is 0 Å². The van der Waals surface area contributed by atoms with Crippen LogP contribution in [-0.2, 0) is 6.42 Å². The minimum absolute atomic E-state index is 0.949. The van der Waals surface area contributed by atoms with E-state index in [0.717, 1.165) is 6.42 Å². The van der Waals surface area contributed by atoms with E-state index in [-0.39, 0.29) is 0 Å². The molecule has 2 rings (SSSR count). The van der Waals surface area contributed by atoms with Gasteiger partial charge in [-0.15, -0.1) is 0 Å². The Balaban J connectivity index is 2.15. The number of hydrogen-bond donors (Lipinski definition) is 1. The third-order valence-electron chi connectivity index (χ3n) is 2.03. The highest BCUT2D eigenvalue weighted by atomic mass is 15.3. The first-order valence-corrected chi connectivity index (χ1v) is 4.30. The SMILES string of the molecule is Nn1ccc(Cc2ccccc2)c1. The molecule has 0 unspecified atom stereocenters. The van der Waals surface area contributed by atoms with Crippen molar-refractivity contribution in [2.24, 2.45) is 0 Å². The van der Waals surface area contributed by atoms with Gasteiger partial charge in [-0.2, -0.15) is 0 Å². The molecule has 66 valence electrons. The van der Waals surface area contributed by atoms with Gasteiger partial charge in [0.2, 0.25) is 0 Å². The van der Waals surface area contributed by atoms with E-state index in [0.29, 0.717) is 0 Å². The van der Waals surface area contributed by atoms with Crippen LogP contribution in [0.4, 0.5) is 0 Å². The maximum atomic E-state index is 5.55. The third-order valence-corrected chi connectivity index (χ3v) is 2.03. The zero-order chi connectivity index (χ0) is 9.10. The van der Waals surface area contributed by atoms with E-state index in [4.69, 9.17) is 5.84 Å². The Labute approximate surface area is 77.6 Å². The molecule has 0 radical (unpaired) electrons. The number of hydrogen-bond acceptors (Lipinski definition) is 1. The van der Waals surface area contributed by atoms with E-state index in [2.05, 4.69) is 24.3 Å². The van der Waals surface area contributed by atoms with Crippen LogP contribution >= 0.6 is 0 Å². The second kappa shape index (κ2) is 3.35. The molecule has 1 heterocycles. The molecule has 2 nitrogen and oxygen atoms in total. The normalized spacial score (nSPS) is 10.2. The van der Waals surface area contributed by atoms with Crippen LogP contribution in [0.5, 0.6) is 0 Å². The molecule has 1 aromatic carbocycles. The van der Waals surface area contributed by atoms with Crippen LogP contribution in [0.1, 0.15) is 11.1 Å². The van der Waals surface area contributed by atoms with Gasteiger partial charge in [-0.05, 0) is 23.6 Å². The molecular formula is C11H12N2. The lowest BCUT2D eigenvalue weighted by Gasteiger charge is -1.97. The smallest absolute Gasteiger partial charge is 0.0291 e. The molecular weight excluding hydrogens is 160 g/mol. The lowest BCUT2D eigenvalue weighted by molar-refractivity contribution is 1.01. The average Bonchev–Trinajstić information content (AvgIpc) is 2.53. The summed E-state index contributed by atoms with van der Waals surface area (Å²) in [6.45, 7) is 0. The summed E-state index contributed by atoms with van der Waals surface area (Å²) in [5, 5.41) is 0. The van der Waals surface area contributed by atoms with Crippen molar-refractivity contribution in [3.8, 4) is 0 Å². The Bertz CT molecular complexity index is 376. The first kappa shape index (κ1) is 7.92. The predicted molar refractivity (Wildman–Crippen MR) is 53.8 cm³/mol. The van der Waals surface area contributed by atoms with Gasteiger partial charge < -0.3 is 5.84 Å². The quantitative estimate of drug-likeness (QED) is 0.688. The molecule has 1 aromatic heterocycles. The molecule has 0 fully saturated rings. The van der Waals surface area contributed by atoms with Crippen molar-refractivity contribution in [2.45, 2.75) is 6.42 Å². The molecule has 0 bridgehead atoms. The predicted octanol–water partition coefficient (Wildman–Crippen LogP) is 1.79. The fraction of sp³-hybridized carbons (Fsp3) is 0.0909. The lowest BCUT2D eigenvalue weighted by Crippen LogP contribution is -2.03. The number of nitrogen functional groups attached to an aromatic ring is 1. The van der Waals surface area contributed by atoms with E-state index in [1.165, 1.54) is 11.1 Å². The van der Waals surface area contributed by atoms with Gasteiger partial charge in [-0.1, -0.05) is 30.3 Å². The van der Waals surface area contributed by atoms with E-state index < -0.39 is 0 Å². The monoisotopic (exact) mass is 172 g/mol. The topological polar surface area (TPSA) is 30.9 Å². The van der Waals surface area contributed by atoms with Crippen LogP contribution in [-0.4, -0.2) is 4.68 Å². The van der Waals surface area contributed by atoms with Gasteiger partial charge in [-0.3, -0.25) is 4.68 Å². The van der Waals surface area contributed by atoms with Crippen LogP contribution in [0.3, 0.4) is 0 Å². The number of nitrogens with zero attached hydrogens (tertiary/aromatic N) is 1. The molecule has 0 aliphatic carbocycles. The number of benzene rings is 1. The minimum atomic E-state index is 0.949.